The predicted octanol–water partition coefficient (Wildman–Crippen LogP) is 3.01. The second-order valence-corrected chi connectivity index (χ2v) is 7.65. The average molecular weight is 406 g/mol. The minimum atomic E-state index is -0.0516. The number of rotatable bonds is 5. The van der Waals surface area contributed by atoms with E-state index in [0.717, 1.165) is 19.4 Å². The highest BCUT2D eigenvalue weighted by Crippen LogP contribution is 2.36. The second kappa shape index (κ2) is 7.57. The third-order valence-electron chi connectivity index (χ3n) is 4.17. The van der Waals surface area contributed by atoms with Gasteiger partial charge in [0.15, 0.2) is 10.8 Å². The Labute approximate surface area is 163 Å². The summed E-state index contributed by atoms with van der Waals surface area (Å²) in [5.74, 6) is 0.327. The largest absolute Gasteiger partial charge is 0.363 e. The van der Waals surface area contributed by atoms with Crippen molar-refractivity contribution in [1.82, 2.24) is 30.2 Å². The van der Waals surface area contributed by atoms with Gasteiger partial charge in [0.05, 0.1) is 11.6 Å². The number of amides is 1. The standard InChI is InChI=1S/C16H16ClN7O2S/c1-2-11(25)24-5-3-4-10(7-24)27-15-12-13(17)22-23-14(12)20-16(21-15)19-9-6-18-26-8-9/h2,6,8,10H,1,3-5,7H2,(H2,19,20,21,22,23). The van der Waals surface area contributed by atoms with Crippen LogP contribution in [0.1, 0.15) is 12.8 Å². The lowest BCUT2D eigenvalue weighted by Gasteiger charge is -2.31. The van der Waals surface area contributed by atoms with Gasteiger partial charge in [-0.25, -0.2) is 4.98 Å². The van der Waals surface area contributed by atoms with E-state index in [4.69, 9.17) is 16.1 Å². The number of hydrogen-bond donors (Lipinski definition) is 2. The average Bonchev–Trinajstić information content (AvgIpc) is 3.31. The molecule has 1 fully saturated rings. The van der Waals surface area contributed by atoms with E-state index >= 15 is 0 Å². The minimum absolute atomic E-state index is 0.0516. The normalized spacial score (nSPS) is 17.2. The van der Waals surface area contributed by atoms with Crippen LogP contribution in [-0.4, -0.2) is 54.5 Å². The van der Waals surface area contributed by atoms with Gasteiger partial charge in [-0.05, 0) is 18.9 Å². The Morgan fingerprint density at radius 2 is 2.41 bits per heavy atom. The third-order valence-corrected chi connectivity index (χ3v) is 5.68. The van der Waals surface area contributed by atoms with Crippen molar-refractivity contribution in [2.75, 3.05) is 18.4 Å². The van der Waals surface area contributed by atoms with Crippen molar-refractivity contribution in [2.24, 2.45) is 0 Å². The molecular formula is C16H16ClN7O2S. The van der Waals surface area contributed by atoms with E-state index in [-0.39, 0.29) is 11.2 Å². The molecule has 1 saturated heterocycles. The van der Waals surface area contributed by atoms with E-state index in [1.807, 2.05) is 0 Å². The van der Waals surface area contributed by atoms with E-state index in [1.165, 1.54) is 18.5 Å². The van der Waals surface area contributed by atoms with Crippen LogP contribution in [0.25, 0.3) is 11.0 Å². The van der Waals surface area contributed by atoms with Gasteiger partial charge in [-0.3, -0.25) is 9.89 Å². The summed E-state index contributed by atoms with van der Waals surface area (Å²) in [6.45, 7) is 4.94. The van der Waals surface area contributed by atoms with Crippen molar-refractivity contribution < 1.29 is 9.32 Å². The summed E-state index contributed by atoms with van der Waals surface area (Å²) in [6.07, 6.45) is 6.24. The molecule has 9 nitrogen and oxygen atoms in total. The molecule has 1 aliphatic heterocycles. The molecular weight excluding hydrogens is 390 g/mol. The number of nitrogens with one attached hydrogen (secondary N) is 2. The maximum absolute atomic E-state index is 11.9. The molecule has 2 N–H and O–H groups in total. The zero-order valence-corrected chi connectivity index (χ0v) is 15.8. The first-order chi connectivity index (χ1) is 13.1. The molecule has 1 unspecified atom stereocenters. The fourth-order valence-corrected chi connectivity index (χ4v) is 4.51. The van der Waals surface area contributed by atoms with Crippen LogP contribution in [0.15, 0.2) is 34.7 Å². The summed E-state index contributed by atoms with van der Waals surface area (Å²) in [4.78, 5) is 22.7. The fraction of sp³-hybridized carbons (Fsp3) is 0.312. The number of aromatic nitrogens is 5. The number of anilines is 2. The number of likely N-dealkylation sites (tertiary alicyclic amines) is 1. The Balaban J connectivity index is 1.62. The Morgan fingerprint density at radius 3 is 3.19 bits per heavy atom. The Kier molecular flexibility index (Phi) is 4.99. The monoisotopic (exact) mass is 405 g/mol. The SMILES string of the molecule is C=CC(=O)N1CCCC(Sc2nc(Nc3cnoc3)nc3[nH]nc(Cl)c23)C1. The summed E-state index contributed by atoms with van der Waals surface area (Å²) in [7, 11) is 0. The van der Waals surface area contributed by atoms with Crippen LogP contribution in [0, 0.1) is 0 Å². The maximum atomic E-state index is 11.9. The lowest BCUT2D eigenvalue weighted by molar-refractivity contribution is -0.126. The quantitative estimate of drug-likeness (QED) is 0.492. The van der Waals surface area contributed by atoms with Crippen molar-refractivity contribution in [2.45, 2.75) is 23.1 Å². The number of halogens is 1. The van der Waals surface area contributed by atoms with Gasteiger partial charge in [0, 0.05) is 18.3 Å². The van der Waals surface area contributed by atoms with Gasteiger partial charge in [0.2, 0.25) is 11.9 Å². The van der Waals surface area contributed by atoms with Crippen LogP contribution in [0.5, 0.6) is 0 Å². The molecule has 11 heteroatoms. The number of nitrogens with zero attached hydrogens (tertiary/aromatic N) is 5. The number of carbonyl (C=O) groups is 1. The summed E-state index contributed by atoms with van der Waals surface area (Å²) >= 11 is 7.80. The number of piperidine rings is 1. The number of H-pyrrole nitrogens is 1. The highest BCUT2D eigenvalue weighted by molar-refractivity contribution is 8.00. The number of carbonyl (C=O) groups excluding carboxylic acids is 1. The van der Waals surface area contributed by atoms with Crippen molar-refractivity contribution in [3.63, 3.8) is 0 Å². The van der Waals surface area contributed by atoms with E-state index < -0.39 is 0 Å². The van der Waals surface area contributed by atoms with Crippen molar-refractivity contribution in [3.8, 4) is 0 Å². The molecule has 27 heavy (non-hydrogen) atoms. The van der Waals surface area contributed by atoms with E-state index in [2.05, 4.69) is 37.2 Å². The Morgan fingerprint density at radius 1 is 1.52 bits per heavy atom. The lowest BCUT2D eigenvalue weighted by atomic mass is 10.1. The summed E-state index contributed by atoms with van der Waals surface area (Å²) < 4.78 is 4.81. The van der Waals surface area contributed by atoms with Gasteiger partial charge in [0.25, 0.3) is 0 Å². The molecule has 0 bridgehead atoms. The molecule has 1 amide bonds. The first kappa shape index (κ1) is 17.8. The number of thioether (sulfide) groups is 1. The molecule has 0 aliphatic carbocycles. The third kappa shape index (κ3) is 3.76. The Bertz CT molecular complexity index is 975. The van der Waals surface area contributed by atoms with Crippen molar-refractivity contribution in [3.05, 3.63) is 30.3 Å². The van der Waals surface area contributed by atoms with Crippen LogP contribution < -0.4 is 5.32 Å². The molecule has 0 saturated carbocycles. The number of fused-ring (bicyclic) bond motifs is 1. The number of hydrogen-bond acceptors (Lipinski definition) is 8. The van der Waals surface area contributed by atoms with Crippen LogP contribution in [0.4, 0.5) is 11.6 Å². The summed E-state index contributed by atoms with van der Waals surface area (Å²) in [5, 5.41) is 15.4. The topological polar surface area (TPSA) is 113 Å². The summed E-state index contributed by atoms with van der Waals surface area (Å²) in [6, 6.07) is 0. The smallest absolute Gasteiger partial charge is 0.245 e. The lowest BCUT2D eigenvalue weighted by Crippen LogP contribution is -2.40. The predicted molar refractivity (Wildman–Crippen MR) is 102 cm³/mol. The molecule has 4 heterocycles. The van der Waals surface area contributed by atoms with Crippen LogP contribution in [0.3, 0.4) is 0 Å². The van der Waals surface area contributed by atoms with Gasteiger partial charge >= 0.3 is 0 Å². The van der Waals surface area contributed by atoms with Gasteiger partial charge in [-0.1, -0.05) is 23.3 Å². The fourth-order valence-electron chi connectivity index (χ4n) is 2.92. The van der Waals surface area contributed by atoms with E-state index in [1.54, 1.807) is 16.7 Å². The summed E-state index contributed by atoms with van der Waals surface area (Å²) in [5.41, 5.74) is 1.17. The highest BCUT2D eigenvalue weighted by Gasteiger charge is 2.25. The van der Waals surface area contributed by atoms with Crippen LogP contribution in [0.2, 0.25) is 5.15 Å². The number of aromatic amines is 1. The molecule has 1 aliphatic rings. The first-order valence-corrected chi connectivity index (χ1v) is 9.56. The zero-order valence-electron chi connectivity index (χ0n) is 14.2. The highest BCUT2D eigenvalue weighted by atomic mass is 35.5. The van der Waals surface area contributed by atoms with Gasteiger partial charge in [-0.15, -0.1) is 11.8 Å². The molecule has 4 rings (SSSR count). The Hall–Kier alpha value is -2.59. The van der Waals surface area contributed by atoms with Crippen molar-refractivity contribution >= 4 is 51.9 Å². The molecule has 3 aromatic rings. The molecule has 0 spiro atoms. The molecule has 3 aromatic heterocycles. The van der Waals surface area contributed by atoms with E-state index in [0.29, 0.717) is 39.4 Å². The minimum Gasteiger partial charge on any atom is -0.363 e. The van der Waals surface area contributed by atoms with Gasteiger partial charge < -0.3 is 14.7 Å². The van der Waals surface area contributed by atoms with Gasteiger partial charge in [-0.2, -0.15) is 10.1 Å². The van der Waals surface area contributed by atoms with Crippen LogP contribution >= 0.6 is 23.4 Å². The second-order valence-electron chi connectivity index (χ2n) is 6.00. The van der Waals surface area contributed by atoms with Crippen LogP contribution in [-0.2, 0) is 4.79 Å². The maximum Gasteiger partial charge on any atom is 0.245 e. The van der Waals surface area contributed by atoms with Crippen molar-refractivity contribution in [1.29, 1.82) is 0 Å². The van der Waals surface area contributed by atoms with Gasteiger partial charge in [0.1, 0.15) is 17.0 Å². The molecule has 0 radical (unpaired) electrons. The first-order valence-electron chi connectivity index (χ1n) is 8.30. The molecule has 1 atom stereocenters. The molecule has 140 valence electrons. The zero-order chi connectivity index (χ0) is 18.8. The van der Waals surface area contributed by atoms with E-state index in [9.17, 15) is 4.79 Å². The molecule has 0 aromatic carbocycles.